The van der Waals surface area contributed by atoms with Gasteiger partial charge >= 0.3 is 0 Å². The molecule has 0 bridgehead atoms. The van der Waals surface area contributed by atoms with E-state index in [9.17, 15) is 8.42 Å². The van der Waals surface area contributed by atoms with Gasteiger partial charge < -0.3 is 5.32 Å². The topological polar surface area (TPSA) is 58.5 Å². The van der Waals surface area contributed by atoms with Crippen LogP contribution in [0.25, 0.3) is 0 Å². The molecule has 4 nitrogen and oxygen atoms in total. The number of sulfonamides is 1. The van der Waals surface area contributed by atoms with Crippen LogP contribution in [0.4, 0.5) is 5.69 Å². The molecule has 0 amide bonds. The minimum absolute atomic E-state index is 0.168. The molecule has 0 heterocycles. The summed E-state index contributed by atoms with van der Waals surface area (Å²) in [4.78, 5) is 0.168. The van der Waals surface area contributed by atoms with Crippen molar-refractivity contribution in [2.45, 2.75) is 11.8 Å². The van der Waals surface area contributed by atoms with Gasteiger partial charge in [0.2, 0.25) is 0 Å². The normalized spacial score (nSPS) is 12.0. The Kier molecular flexibility index (Phi) is 5.73. The summed E-state index contributed by atoms with van der Waals surface area (Å²) < 4.78 is 30.7. The van der Waals surface area contributed by atoms with E-state index < -0.39 is 10.0 Å². The second kappa shape index (κ2) is 8.01. The fourth-order valence-electron chi connectivity index (χ4n) is 2.30. The molecule has 0 saturated carbocycles. The predicted molar refractivity (Wildman–Crippen MR) is 114 cm³/mol. The number of amidine groups is 1. The van der Waals surface area contributed by atoms with Crippen LogP contribution >= 0.6 is 22.6 Å². The van der Waals surface area contributed by atoms with Crippen LogP contribution in [0.2, 0.25) is 0 Å². The third-order valence-electron chi connectivity index (χ3n) is 3.68. The van der Waals surface area contributed by atoms with E-state index in [0.717, 1.165) is 14.8 Å². The molecule has 3 rings (SSSR count). The highest BCUT2D eigenvalue weighted by molar-refractivity contribution is 14.1. The molecule has 3 aromatic rings. The van der Waals surface area contributed by atoms with Gasteiger partial charge in [0, 0.05) is 14.8 Å². The lowest BCUT2D eigenvalue weighted by atomic mass is 10.2. The molecule has 6 heteroatoms. The van der Waals surface area contributed by atoms with Gasteiger partial charge in [-0.25, -0.2) is 0 Å². The highest BCUT2D eigenvalue weighted by atomic mass is 127. The second-order valence-corrected chi connectivity index (χ2v) is 8.58. The highest BCUT2D eigenvalue weighted by Crippen LogP contribution is 2.17. The Morgan fingerprint density at radius 1 is 0.885 bits per heavy atom. The Morgan fingerprint density at radius 2 is 1.50 bits per heavy atom. The molecule has 0 radical (unpaired) electrons. The number of nitrogens with one attached hydrogen (secondary N) is 1. The van der Waals surface area contributed by atoms with Gasteiger partial charge in [-0.2, -0.15) is 8.42 Å². The van der Waals surface area contributed by atoms with E-state index in [4.69, 9.17) is 0 Å². The third kappa shape index (κ3) is 4.70. The Labute approximate surface area is 167 Å². The fraction of sp³-hybridized carbons (Fsp3) is 0.0500. The Morgan fingerprint density at radius 3 is 2.12 bits per heavy atom. The number of hydrogen-bond donors (Lipinski definition) is 1. The molecule has 3 aromatic carbocycles. The van der Waals surface area contributed by atoms with Crippen LogP contribution in [0, 0.1) is 10.5 Å². The van der Waals surface area contributed by atoms with Gasteiger partial charge in [0.1, 0.15) is 0 Å². The van der Waals surface area contributed by atoms with Gasteiger partial charge in [0.05, 0.1) is 4.90 Å². The van der Waals surface area contributed by atoms with Crippen molar-refractivity contribution in [1.29, 1.82) is 0 Å². The van der Waals surface area contributed by atoms with Crippen molar-refractivity contribution in [1.82, 2.24) is 0 Å². The number of rotatable bonds is 4. The lowest BCUT2D eigenvalue weighted by molar-refractivity contribution is 0.598. The molecular weight excluding hydrogens is 459 g/mol. The van der Waals surface area contributed by atoms with Crippen molar-refractivity contribution in [3.8, 4) is 0 Å². The van der Waals surface area contributed by atoms with E-state index in [-0.39, 0.29) is 10.7 Å². The summed E-state index contributed by atoms with van der Waals surface area (Å²) >= 11 is 2.21. The van der Waals surface area contributed by atoms with Crippen molar-refractivity contribution < 1.29 is 8.42 Å². The standard InChI is InChI=1S/C20H17IN2O2S/c1-15-7-13-19(14-8-15)26(24,25)23-20(16-9-11-17(21)12-10-16)22-18-5-3-2-4-6-18/h2-14H,1H3,(H,22,23). The van der Waals surface area contributed by atoms with E-state index in [2.05, 4.69) is 32.3 Å². The highest BCUT2D eigenvalue weighted by Gasteiger charge is 2.16. The summed E-state index contributed by atoms with van der Waals surface area (Å²) in [5.41, 5.74) is 2.46. The number of aryl methyl sites for hydroxylation is 1. The van der Waals surface area contributed by atoms with Crippen LogP contribution in [0.15, 0.2) is 88.2 Å². The monoisotopic (exact) mass is 476 g/mol. The Bertz CT molecular complexity index is 1010. The van der Waals surface area contributed by atoms with E-state index in [1.807, 2.05) is 61.5 Å². The first-order valence-corrected chi connectivity index (χ1v) is 10.5. The molecule has 0 spiro atoms. The maximum absolute atomic E-state index is 12.8. The lowest BCUT2D eigenvalue weighted by Crippen LogP contribution is -2.16. The van der Waals surface area contributed by atoms with Gasteiger partial charge in [-0.1, -0.05) is 48.0 Å². The molecule has 0 atom stereocenters. The summed E-state index contributed by atoms with van der Waals surface area (Å²) in [5, 5.41) is 3.12. The van der Waals surface area contributed by atoms with E-state index in [1.54, 1.807) is 24.3 Å². The summed E-state index contributed by atoms with van der Waals surface area (Å²) in [6.45, 7) is 1.91. The Balaban J connectivity index is 2.05. The summed E-state index contributed by atoms with van der Waals surface area (Å²) in [6, 6.07) is 23.6. The molecule has 0 aliphatic carbocycles. The zero-order valence-corrected chi connectivity index (χ0v) is 17.0. The first-order valence-electron chi connectivity index (χ1n) is 7.94. The lowest BCUT2D eigenvalue weighted by Gasteiger charge is -2.11. The number of para-hydroxylation sites is 1. The van der Waals surface area contributed by atoms with Gasteiger partial charge in [0.25, 0.3) is 10.0 Å². The van der Waals surface area contributed by atoms with Crippen LogP contribution in [-0.4, -0.2) is 14.3 Å². The zero-order valence-electron chi connectivity index (χ0n) is 14.1. The van der Waals surface area contributed by atoms with E-state index in [0.29, 0.717) is 5.56 Å². The zero-order chi connectivity index (χ0) is 18.6. The summed E-state index contributed by atoms with van der Waals surface area (Å²) in [6.07, 6.45) is 0. The minimum Gasteiger partial charge on any atom is -0.339 e. The molecule has 0 fully saturated rings. The molecule has 1 N–H and O–H groups in total. The smallest absolute Gasteiger partial charge is 0.284 e. The Hall–Kier alpha value is -2.19. The number of hydrogen-bond acceptors (Lipinski definition) is 2. The largest absolute Gasteiger partial charge is 0.339 e. The molecule has 0 aliphatic rings. The molecule has 26 heavy (non-hydrogen) atoms. The third-order valence-corrected chi connectivity index (χ3v) is 5.69. The van der Waals surface area contributed by atoms with E-state index in [1.165, 1.54) is 0 Å². The van der Waals surface area contributed by atoms with Gasteiger partial charge in [-0.15, -0.1) is 4.40 Å². The van der Waals surface area contributed by atoms with Crippen molar-refractivity contribution in [3.63, 3.8) is 0 Å². The molecule has 0 aromatic heterocycles. The quantitative estimate of drug-likeness (QED) is 0.333. The average molecular weight is 476 g/mol. The van der Waals surface area contributed by atoms with Crippen LogP contribution in [0.1, 0.15) is 11.1 Å². The van der Waals surface area contributed by atoms with Crippen molar-refractivity contribution in [2.75, 3.05) is 5.32 Å². The number of nitrogens with zero attached hydrogens (tertiary/aromatic N) is 1. The first-order chi connectivity index (χ1) is 12.4. The van der Waals surface area contributed by atoms with Crippen molar-refractivity contribution >= 4 is 44.1 Å². The average Bonchev–Trinajstić information content (AvgIpc) is 2.63. The molecule has 0 unspecified atom stereocenters. The van der Waals surface area contributed by atoms with Crippen LogP contribution in [-0.2, 0) is 10.0 Å². The van der Waals surface area contributed by atoms with Gasteiger partial charge in [0.15, 0.2) is 5.84 Å². The fourth-order valence-corrected chi connectivity index (χ4v) is 3.63. The maximum atomic E-state index is 12.8. The number of halogens is 1. The maximum Gasteiger partial charge on any atom is 0.284 e. The number of anilines is 1. The van der Waals surface area contributed by atoms with Crippen molar-refractivity contribution in [2.24, 2.45) is 4.40 Å². The van der Waals surface area contributed by atoms with Gasteiger partial charge in [-0.05, 0) is 65.9 Å². The molecule has 0 saturated heterocycles. The first kappa shape index (κ1) is 18.6. The molecule has 132 valence electrons. The van der Waals surface area contributed by atoms with Crippen LogP contribution in [0.3, 0.4) is 0 Å². The second-order valence-electron chi connectivity index (χ2n) is 5.73. The predicted octanol–water partition coefficient (Wildman–Crippen LogP) is 4.85. The van der Waals surface area contributed by atoms with Gasteiger partial charge in [-0.3, -0.25) is 0 Å². The minimum atomic E-state index is -3.83. The van der Waals surface area contributed by atoms with Crippen molar-refractivity contribution in [3.05, 3.63) is 93.6 Å². The summed E-state index contributed by atoms with van der Waals surface area (Å²) in [5.74, 6) is 0.285. The molecular formula is C20H17IN2O2S. The van der Waals surface area contributed by atoms with E-state index >= 15 is 0 Å². The van der Waals surface area contributed by atoms with Crippen LogP contribution < -0.4 is 5.32 Å². The molecule has 0 aliphatic heterocycles. The number of benzene rings is 3. The summed E-state index contributed by atoms with van der Waals surface area (Å²) in [7, 11) is -3.83. The SMILES string of the molecule is Cc1ccc(S(=O)(=O)/N=C(\Nc2ccccc2)c2ccc(I)cc2)cc1. The van der Waals surface area contributed by atoms with Crippen LogP contribution in [0.5, 0.6) is 0 Å².